The van der Waals surface area contributed by atoms with Crippen molar-refractivity contribution in [2.75, 3.05) is 6.54 Å². The van der Waals surface area contributed by atoms with Gasteiger partial charge in [-0.2, -0.15) is 0 Å². The third-order valence-electron chi connectivity index (χ3n) is 2.47. The van der Waals surface area contributed by atoms with E-state index in [0.717, 1.165) is 23.0 Å². The topological polar surface area (TPSA) is 48.4 Å². The summed E-state index contributed by atoms with van der Waals surface area (Å²) in [5.74, 6) is 0.641. The molecule has 2 N–H and O–H groups in total. The van der Waals surface area contributed by atoms with Crippen molar-refractivity contribution in [3.63, 3.8) is 0 Å². The Kier molecular flexibility index (Phi) is 3.38. The summed E-state index contributed by atoms with van der Waals surface area (Å²) in [4.78, 5) is 7.19. The van der Waals surface area contributed by atoms with Crippen molar-refractivity contribution in [2.45, 2.75) is 13.8 Å². The molecule has 0 fully saturated rings. The highest BCUT2D eigenvalue weighted by atomic mass is 35.5. The van der Waals surface area contributed by atoms with Gasteiger partial charge in [-0.15, -0.1) is 0 Å². The summed E-state index contributed by atoms with van der Waals surface area (Å²) in [5, 5.41) is 11.4. The average Bonchev–Trinajstić information content (AvgIpc) is 2.54. The van der Waals surface area contributed by atoms with Gasteiger partial charge in [0.15, 0.2) is 5.88 Å². The average molecular weight is 251 g/mol. The number of nitrogens with zero attached hydrogens (tertiary/aromatic N) is 1. The van der Waals surface area contributed by atoms with Crippen LogP contribution < -0.4 is 0 Å². The molecule has 1 heterocycles. The van der Waals surface area contributed by atoms with Gasteiger partial charge in [0.1, 0.15) is 0 Å². The Bertz CT molecular complexity index is 558. The largest absolute Gasteiger partial charge is 0.494 e. The lowest BCUT2D eigenvalue weighted by Crippen LogP contribution is -1.92. The maximum absolute atomic E-state index is 9.80. The summed E-state index contributed by atoms with van der Waals surface area (Å²) >= 11 is 5.89. The molecule has 0 atom stereocenters. The van der Waals surface area contributed by atoms with Crippen LogP contribution in [0.15, 0.2) is 23.2 Å². The molecule has 1 aromatic carbocycles. The number of hydrogen-bond acceptors (Lipinski definition) is 2. The Hall–Kier alpha value is -1.48. The lowest BCUT2D eigenvalue weighted by molar-refractivity contribution is 0.457. The fourth-order valence-electron chi connectivity index (χ4n) is 1.66. The van der Waals surface area contributed by atoms with Crippen LogP contribution in [0.3, 0.4) is 0 Å². The summed E-state index contributed by atoms with van der Waals surface area (Å²) in [6.07, 6.45) is 1.71. The lowest BCUT2D eigenvalue weighted by atomic mass is 10.2. The smallest absolute Gasteiger partial charge is 0.198 e. The summed E-state index contributed by atoms with van der Waals surface area (Å²) in [7, 11) is 0. The lowest BCUT2D eigenvalue weighted by Gasteiger charge is -1.97. The zero-order valence-electron chi connectivity index (χ0n) is 9.87. The first-order valence-electron chi connectivity index (χ1n) is 5.58. The minimum absolute atomic E-state index is 0.134. The third-order valence-corrected chi connectivity index (χ3v) is 2.71. The van der Waals surface area contributed by atoms with Gasteiger partial charge in [0.25, 0.3) is 0 Å². The quantitative estimate of drug-likeness (QED) is 0.804. The van der Waals surface area contributed by atoms with Gasteiger partial charge in [-0.25, -0.2) is 0 Å². The number of fused-ring (bicyclic) bond motifs is 1. The molecule has 90 valence electrons. The van der Waals surface area contributed by atoms with Crippen molar-refractivity contribution < 1.29 is 5.11 Å². The molecule has 0 saturated heterocycles. The van der Waals surface area contributed by atoms with Crippen LogP contribution in [0.1, 0.15) is 19.4 Å². The number of aliphatic imine (C=N–C) groups is 1. The molecular weight excluding hydrogens is 236 g/mol. The standard InChI is InChI=1S/C13H15ClN2O/c1-8(2)6-15-7-11-10-4-3-9(14)5-12(10)16-13(11)17/h3-5,7-8,16-17H,6H2,1-2H3. The van der Waals surface area contributed by atoms with Crippen molar-refractivity contribution in [1.82, 2.24) is 4.98 Å². The second-order valence-corrected chi connectivity index (χ2v) is 4.90. The van der Waals surface area contributed by atoms with Crippen molar-refractivity contribution in [1.29, 1.82) is 0 Å². The Morgan fingerprint density at radius 2 is 2.24 bits per heavy atom. The van der Waals surface area contributed by atoms with Crippen molar-refractivity contribution in [2.24, 2.45) is 10.9 Å². The summed E-state index contributed by atoms with van der Waals surface area (Å²) in [5.41, 5.74) is 1.54. The first-order valence-corrected chi connectivity index (χ1v) is 5.95. The predicted molar refractivity (Wildman–Crippen MR) is 72.3 cm³/mol. The maximum atomic E-state index is 9.80. The molecule has 3 nitrogen and oxygen atoms in total. The zero-order valence-corrected chi connectivity index (χ0v) is 10.6. The second-order valence-electron chi connectivity index (χ2n) is 4.47. The van der Waals surface area contributed by atoms with Gasteiger partial charge in [0.2, 0.25) is 0 Å². The molecule has 0 saturated carbocycles. The van der Waals surface area contributed by atoms with Gasteiger partial charge in [0, 0.05) is 23.2 Å². The number of H-pyrrole nitrogens is 1. The minimum Gasteiger partial charge on any atom is -0.494 e. The molecule has 1 aromatic heterocycles. The van der Waals surface area contributed by atoms with Gasteiger partial charge in [-0.3, -0.25) is 4.99 Å². The molecule has 0 aliphatic heterocycles. The van der Waals surface area contributed by atoms with E-state index < -0.39 is 0 Å². The summed E-state index contributed by atoms with van der Waals surface area (Å²) in [6.45, 7) is 4.96. The van der Waals surface area contributed by atoms with E-state index in [-0.39, 0.29) is 5.88 Å². The first kappa shape index (κ1) is 12.0. The molecular formula is C13H15ClN2O. The molecule has 0 amide bonds. The number of nitrogens with one attached hydrogen (secondary N) is 1. The molecule has 0 radical (unpaired) electrons. The van der Waals surface area contributed by atoms with E-state index in [9.17, 15) is 5.11 Å². The van der Waals surface area contributed by atoms with E-state index in [4.69, 9.17) is 11.6 Å². The zero-order chi connectivity index (χ0) is 12.4. The Balaban J connectivity index is 2.39. The first-order chi connectivity index (χ1) is 8.08. The minimum atomic E-state index is 0.134. The Labute approximate surface area is 105 Å². The molecule has 0 aliphatic carbocycles. The van der Waals surface area contributed by atoms with Gasteiger partial charge in [0.05, 0.1) is 11.1 Å². The van der Waals surface area contributed by atoms with Gasteiger partial charge >= 0.3 is 0 Å². The Morgan fingerprint density at radius 1 is 1.47 bits per heavy atom. The summed E-state index contributed by atoms with van der Waals surface area (Å²) < 4.78 is 0. The van der Waals surface area contributed by atoms with Crippen LogP contribution in [-0.4, -0.2) is 22.8 Å². The van der Waals surface area contributed by atoms with Crippen molar-refractivity contribution in [3.8, 4) is 5.88 Å². The molecule has 4 heteroatoms. The number of halogens is 1. The molecule has 17 heavy (non-hydrogen) atoms. The van der Waals surface area contributed by atoms with Gasteiger partial charge < -0.3 is 10.1 Å². The van der Waals surface area contributed by atoms with Gasteiger partial charge in [-0.1, -0.05) is 31.5 Å². The van der Waals surface area contributed by atoms with E-state index in [2.05, 4.69) is 23.8 Å². The van der Waals surface area contributed by atoms with Crippen molar-refractivity contribution in [3.05, 3.63) is 28.8 Å². The summed E-state index contributed by atoms with van der Waals surface area (Å²) in [6, 6.07) is 5.47. The predicted octanol–water partition coefficient (Wildman–Crippen LogP) is 3.60. The fraction of sp³-hybridized carbons (Fsp3) is 0.308. The maximum Gasteiger partial charge on any atom is 0.198 e. The van der Waals surface area contributed by atoms with E-state index in [1.807, 2.05) is 6.07 Å². The van der Waals surface area contributed by atoms with E-state index >= 15 is 0 Å². The SMILES string of the molecule is CC(C)CN=Cc1c(O)[nH]c2cc(Cl)ccc12. The third kappa shape index (κ3) is 2.61. The van der Waals surface area contributed by atoms with E-state index in [0.29, 0.717) is 10.9 Å². The molecule has 2 rings (SSSR count). The monoisotopic (exact) mass is 250 g/mol. The second kappa shape index (κ2) is 4.80. The number of aromatic nitrogens is 1. The highest BCUT2D eigenvalue weighted by Crippen LogP contribution is 2.27. The van der Waals surface area contributed by atoms with Crippen LogP contribution >= 0.6 is 11.6 Å². The van der Waals surface area contributed by atoms with Crippen molar-refractivity contribution >= 4 is 28.7 Å². The number of benzene rings is 1. The van der Waals surface area contributed by atoms with Crippen LogP contribution in [0.2, 0.25) is 5.02 Å². The highest BCUT2D eigenvalue weighted by Gasteiger charge is 2.08. The molecule has 2 aromatic rings. The van der Waals surface area contributed by atoms with Crippen LogP contribution in [-0.2, 0) is 0 Å². The molecule has 0 bridgehead atoms. The van der Waals surface area contributed by atoms with Crippen LogP contribution in [0.25, 0.3) is 10.9 Å². The van der Waals surface area contributed by atoms with Crippen LogP contribution in [0.5, 0.6) is 5.88 Å². The van der Waals surface area contributed by atoms with Gasteiger partial charge in [-0.05, 0) is 18.1 Å². The molecule has 0 unspecified atom stereocenters. The highest BCUT2D eigenvalue weighted by molar-refractivity contribution is 6.31. The fourth-order valence-corrected chi connectivity index (χ4v) is 1.83. The molecule has 0 spiro atoms. The number of aromatic amines is 1. The van der Waals surface area contributed by atoms with E-state index in [1.54, 1.807) is 18.3 Å². The van der Waals surface area contributed by atoms with Crippen LogP contribution in [0, 0.1) is 5.92 Å². The normalized spacial score (nSPS) is 12.0. The number of hydrogen-bond donors (Lipinski definition) is 2. The van der Waals surface area contributed by atoms with E-state index in [1.165, 1.54) is 0 Å². The van der Waals surface area contributed by atoms with Crippen LogP contribution in [0.4, 0.5) is 0 Å². The Morgan fingerprint density at radius 3 is 2.94 bits per heavy atom. The number of aromatic hydroxyl groups is 1. The number of rotatable bonds is 3. The molecule has 0 aliphatic rings.